The summed E-state index contributed by atoms with van der Waals surface area (Å²) in [5.41, 5.74) is 0.960. The molecule has 2 aliphatic rings. The lowest BCUT2D eigenvalue weighted by Crippen LogP contribution is -2.40. The summed E-state index contributed by atoms with van der Waals surface area (Å²) in [5.74, 6) is 0.885. The van der Waals surface area contributed by atoms with E-state index in [1.807, 2.05) is 24.3 Å². The minimum atomic E-state index is -3.42. The largest absolute Gasteiger partial charge is 0.468 e. The van der Waals surface area contributed by atoms with E-state index in [1.165, 1.54) is 19.3 Å². The zero-order valence-corrected chi connectivity index (χ0v) is 20.1. The highest BCUT2D eigenvalue weighted by molar-refractivity contribution is 7.89. The van der Waals surface area contributed by atoms with Gasteiger partial charge >= 0.3 is 0 Å². The predicted molar refractivity (Wildman–Crippen MR) is 127 cm³/mol. The predicted octanol–water partition coefficient (Wildman–Crippen LogP) is 3.73. The number of amides is 1. The monoisotopic (exact) mass is 473 g/mol. The zero-order valence-electron chi connectivity index (χ0n) is 19.2. The number of sulfonamides is 1. The second-order valence-corrected chi connectivity index (χ2v) is 11.0. The summed E-state index contributed by atoms with van der Waals surface area (Å²) in [6, 6.07) is 10.9. The number of carbonyl (C=O) groups is 1. The Morgan fingerprint density at radius 1 is 0.939 bits per heavy atom. The first-order valence-electron chi connectivity index (χ1n) is 12.2. The molecule has 0 saturated carbocycles. The van der Waals surface area contributed by atoms with Gasteiger partial charge in [-0.25, -0.2) is 8.42 Å². The average molecular weight is 474 g/mol. The first-order valence-corrected chi connectivity index (χ1v) is 13.6. The Morgan fingerprint density at radius 3 is 2.24 bits per heavy atom. The molecule has 1 atom stereocenters. The van der Waals surface area contributed by atoms with Crippen LogP contribution in [0.5, 0.6) is 0 Å². The van der Waals surface area contributed by atoms with Crippen LogP contribution < -0.4 is 5.32 Å². The maximum atomic E-state index is 12.8. The summed E-state index contributed by atoms with van der Waals surface area (Å²) in [5, 5.41) is 3.07. The molecule has 3 heterocycles. The summed E-state index contributed by atoms with van der Waals surface area (Å²) in [7, 11) is -3.42. The van der Waals surface area contributed by atoms with Crippen molar-refractivity contribution in [2.75, 3.05) is 32.7 Å². The van der Waals surface area contributed by atoms with Crippen molar-refractivity contribution >= 4 is 15.9 Å². The van der Waals surface area contributed by atoms with Crippen LogP contribution in [-0.4, -0.2) is 56.3 Å². The lowest BCUT2D eigenvalue weighted by Gasteiger charge is -2.33. The average Bonchev–Trinajstić information content (AvgIpc) is 3.39. The second kappa shape index (κ2) is 11.3. The van der Waals surface area contributed by atoms with E-state index in [0.717, 1.165) is 43.7 Å². The third kappa shape index (κ3) is 6.25. The molecule has 7 nitrogen and oxygen atoms in total. The maximum Gasteiger partial charge on any atom is 0.243 e. The topological polar surface area (TPSA) is 82.9 Å². The summed E-state index contributed by atoms with van der Waals surface area (Å²) < 4.78 is 32.8. The van der Waals surface area contributed by atoms with Gasteiger partial charge < -0.3 is 9.73 Å². The Bertz CT molecular complexity index is 977. The van der Waals surface area contributed by atoms with Gasteiger partial charge in [-0.2, -0.15) is 4.31 Å². The van der Waals surface area contributed by atoms with Crippen LogP contribution in [0, 0.1) is 0 Å². The fourth-order valence-corrected chi connectivity index (χ4v) is 6.28. The van der Waals surface area contributed by atoms with E-state index in [4.69, 9.17) is 4.42 Å². The molecule has 1 aromatic carbocycles. The van der Waals surface area contributed by atoms with Crippen LogP contribution in [0.3, 0.4) is 0 Å². The lowest BCUT2D eigenvalue weighted by molar-refractivity contribution is -0.121. The van der Waals surface area contributed by atoms with Crippen LogP contribution in [0.4, 0.5) is 0 Å². The minimum absolute atomic E-state index is 0.00594. The molecule has 0 aliphatic carbocycles. The number of aryl methyl sites for hydroxylation is 1. The second-order valence-electron chi connectivity index (χ2n) is 9.04. The first-order chi connectivity index (χ1) is 16.0. The summed E-state index contributed by atoms with van der Waals surface area (Å²) in [4.78, 5) is 15.3. The molecule has 2 aromatic rings. The van der Waals surface area contributed by atoms with Crippen molar-refractivity contribution in [1.29, 1.82) is 0 Å². The molecule has 1 aromatic heterocycles. The molecule has 1 amide bonds. The summed E-state index contributed by atoms with van der Waals surface area (Å²) >= 11 is 0. The van der Waals surface area contributed by atoms with E-state index in [0.29, 0.717) is 37.4 Å². The van der Waals surface area contributed by atoms with Crippen molar-refractivity contribution in [3.8, 4) is 0 Å². The SMILES string of the molecule is O=C(CCc1ccc(S(=O)(=O)N2CCCCC2)cc1)NC[C@H](c1ccco1)N1CCCCC1. The summed E-state index contributed by atoms with van der Waals surface area (Å²) in [6.45, 7) is 3.77. The van der Waals surface area contributed by atoms with Crippen molar-refractivity contribution < 1.29 is 17.6 Å². The third-order valence-corrected chi connectivity index (χ3v) is 8.63. The number of hydrogen-bond acceptors (Lipinski definition) is 5. The highest BCUT2D eigenvalue weighted by Crippen LogP contribution is 2.25. The normalized spacial score (nSPS) is 19.3. The van der Waals surface area contributed by atoms with Gasteiger partial charge in [0, 0.05) is 26.1 Å². The van der Waals surface area contributed by atoms with Gasteiger partial charge in [0.25, 0.3) is 0 Å². The van der Waals surface area contributed by atoms with Crippen LogP contribution >= 0.6 is 0 Å². The molecule has 0 spiro atoms. The molecule has 4 rings (SSSR count). The minimum Gasteiger partial charge on any atom is -0.468 e. The molecule has 0 unspecified atom stereocenters. The van der Waals surface area contributed by atoms with Gasteiger partial charge in [0.2, 0.25) is 15.9 Å². The van der Waals surface area contributed by atoms with E-state index in [2.05, 4.69) is 10.2 Å². The number of likely N-dealkylation sites (tertiary alicyclic amines) is 1. The number of furan rings is 1. The number of benzene rings is 1. The number of rotatable bonds is 9. The highest BCUT2D eigenvalue weighted by atomic mass is 32.2. The molecule has 0 bridgehead atoms. The summed E-state index contributed by atoms with van der Waals surface area (Å²) in [6.07, 6.45) is 9.16. The van der Waals surface area contributed by atoms with Crippen molar-refractivity contribution in [2.24, 2.45) is 0 Å². The van der Waals surface area contributed by atoms with E-state index >= 15 is 0 Å². The molecule has 8 heteroatoms. The Kier molecular flexibility index (Phi) is 8.22. The van der Waals surface area contributed by atoms with Crippen LogP contribution in [-0.2, 0) is 21.2 Å². The van der Waals surface area contributed by atoms with Crippen molar-refractivity contribution in [3.05, 3.63) is 54.0 Å². The van der Waals surface area contributed by atoms with E-state index in [-0.39, 0.29) is 11.9 Å². The van der Waals surface area contributed by atoms with Gasteiger partial charge in [-0.3, -0.25) is 9.69 Å². The number of carbonyl (C=O) groups excluding carboxylic acids is 1. The van der Waals surface area contributed by atoms with Gasteiger partial charge in [-0.1, -0.05) is 25.0 Å². The fraction of sp³-hybridized carbons (Fsp3) is 0.560. The van der Waals surface area contributed by atoms with Crippen molar-refractivity contribution in [2.45, 2.75) is 62.3 Å². The molecule has 2 aliphatic heterocycles. The van der Waals surface area contributed by atoms with Gasteiger partial charge in [0.05, 0.1) is 17.2 Å². The number of piperidine rings is 2. The van der Waals surface area contributed by atoms with Crippen molar-refractivity contribution in [3.63, 3.8) is 0 Å². The fourth-order valence-electron chi connectivity index (χ4n) is 4.76. The molecule has 180 valence electrons. The molecule has 2 saturated heterocycles. The van der Waals surface area contributed by atoms with Crippen LogP contribution in [0.15, 0.2) is 52.0 Å². The molecule has 2 fully saturated rings. The van der Waals surface area contributed by atoms with Crippen molar-refractivity contribution in [1.82, 2.24) is 14.5 Å². The molecular formula is C25H35N3O4S. The smallest absolute Gasteiger partial charge is 0.243 e. The van der Waals surface area contributed by atoms with Gasteiger partial charge in [0.15, 0.2) is 0 Å². The molecule has 1 N–H and O–H groups in total. The van der Waals surface area contributed by atoms with Gasteiger partial charge in [0.1, 0.15) is 5.76 Å². The van der Waals surface area contributed by atoms with Crippen LogP contribution in [0.2, 0.25) is 0 Å². The first kappa shape index (κ1) is 24.0. The Labute approximate surface area is 197 Å². The quantitative estimate of drug-likeness (QED) is 0.600. The van der Waals surface area contributed by atoms with Crippen LogP contribution in [0.1, 0.15) is 62.3 Å². The Morgan fingerprint density at radius 2 is 1.61 bits per heavy atom. The molecular weight excluding hydrogens is 438 g/mol. The standard InChI is InChI=1S/C25H35N3O4S/c29-25(26-20-23(24-8-7-19-32-24)27-15-3-1-4-16-27)14-11-21-9-12-22(13-10-21)33(30,31)28-17-5-2-6-18-28/h7-10,12-13,19,23H,1-6,11,14-18,20H2,(H,26,29)/t23-/m1/s1. The van der Waals surface area contributed by atoms with E-state index in [1.54, 1.807) is 22.7 Å². The van der Waals surface area contributed by atoms with E-state index < -0.39 is 10.0 Å². The number of hydrogen-bond donors (Lipinski definition) is 1. The van der Waals surface area contributed by atoms with Crippen LogP contribution in [0.25, 0.3) is 0 Å². The molecule has 33 heavy (non-hydrogen) atoms. The number of nitrogens with one attached hydrogen (secondary N) is 1. The van der Waals surface area contributed by atoms with Gasteiger partial charge in [-0.05, 0) is 75.0 Å². The molecule has 0 radical (unpaired) electrons. The van der Waals surface area contributed by atoms with Gasteiger partial charge in [-0.15, -0.1) is 0 Å². The highest BCUT2D eigenvalue weighted by Gasteiger charge is 2.26. The Hall–Kier alpha value is -2.16. The lowest BCUT2D eigenvalue weighted by atomic mass is 10.1. The number of nitrogens with zero attached hydrogens (tertiary/aromatic N) is 2. The van der Waals surface area contributed by atoms with E-state index in [9.17, 15) is 13.2 Å². The zero-order chi connectivity index (χ0) is 23.1. The third-order valence-electron chi connectivity index (χ3n) is 6.71. The maximum absolute atomic E-state index is 12.8. The Balaban J connectivity index is 1.28.